The molecule has 0 radical (unpaired) electrons. The van der Waals surface area contributed by atoms with E-state index in [-0.39, 0.29) is 25.0 Å². The van der Waals surface area contributed by atoms with Crippen LogP contribution in [0.2, 0.25) is 0 Å². The maximum absolute atomic E-state index is 11.9. The van der Waals surface area contributed by atoms with Crippen LogP contribution in [0.1, 0.15) is 37.7 Å². The number of hydrogen-bond donors (Lipinski definition) is 1. The van der Waals surface area contributed by atoms with Gasteiger partial charge in [0.05, 0.1) is 0 Å². The van der Waals surface area contributed by atoms with E-state index in [1.807, 2.05) is 30.3 Å². The van der Waals surface area contributed by atoms with Crippen LogP contribution in [0.4, 0.5) is 0 Å². The third-order valence-corrected chi connectivity index (χ3v) is 5.00. The van der Waals surface area contributed by atoms with Gasteiger partial charge in [-0.05, 0) is 42.6 Å². The quantitative estimate of drug-likeness (QED) is 0.822. The normalized spacial score (nSPS) is 25.9. The molecule has 1 amide bonds. The number of carbonyl (C=O) groups is 2. The first kappa shape index (κ1) is 15.1. The SMILES string of the molecule is O=C(C[C@@H]1C[C@@H]2CC[C@@H]1C2)NCC(=O)OCc1ccccc1. The summed E-state index contributed by atoms with van der Waals surface area (Å²) in [6.45, 7) is 0.217. The van der Waals surface area contributed by atoms with Gasteiger partial charge in [0, 0.05) is 6.42 Å². The molecule has 0 unspecified atom stereocenters. The molecule has 0 saturated heterocycles. The first-order valence-electron chi connectivity index (χ1n) is 8.17. The topological polar surface area (TPSA) is 55.4 Å². The lowest BCUT2D eigenvalue weighted by Crippen LogP contribution is -2.32. The van der Waals surface area contributed by atoms with Crippen molar-refractivity contribution in [3.63, 3.8) is 0 Å². The van der Waals surface area contributed by atoms with Crippen LogP contribution in [0.25, 0.3) is 0 Å². The number of carbonyl (C=O) groups excluding carboxylic acids is 2. The summed E-state index contributed by atoms with van der Waals surface area (Å²) in [5.74, 6) is 1.71. The van der Waals surface area contributed by atoms with Gasteiger partial charge in [0.25, 0.3) is 0 Å². The molecule has 3 atom stereocenters. The van der Waals surface area contributed by atoms with E-state index in [0.29, 0.717) is 12.3 Å². The number of esters is 1. The minimum absolute atomic E-state index is 0.0192. The predicted molar refractivity (Wildman–Crippen MR) is 82.8 cm³/mol. The maximum atomic E-state index is 11.9. The van der Waals surface area contributed by atoms with Crippen molar-refractivity contribution in [3.05, 3.63) is 35.9 Å². The van der Waals surface area contributed by atoms with E-state index in [4.69, 9.17) is 4.74 Å². The van der Waals surface area contributed by atoms with E-state index < -0.39 is 0 Å². The van der Waals surface area contributed by atoms with Crippen LogP contribution in [0.5, 0.6) is 0 Å². The van der Waals surface area contributed by atoms with Gasteiger partial charge in [0.15, 0.2) is 0 Å². The molecule has 1 aromatic carbocycles. The Morgan fingerprint density at radius 3 is 2.64 bits per heavy atom. The van der Waals surface area contributed by atoms with Gasteiger partial charge in [-0.2, -0.15) is 0 Å². The minimum atomic E-state index is -0.384. The molecule has 0 aliphatic heterocycles. The van der Waals surface area contributed by atoms with E-state index in [0.717, 1.165) is 17.4 Å². The fourth-order valence-corrected chi connectivity index (χ4v) is 3.90. The predicted octanol–water partition coefficient (Wildman–Crippen LogP) is 2.67. The monoisotopic (exact) mass is 301 g/mol. The number of nitrogens with one attached hydrogen (secondary N) is 1. The largest absolute Gasteiger partial charge is 0.460 e. The molecule has 2 fully saturated rings. The molecule has 2 aliphatic rings. The van der Waals surface area contributed by atoms with Crippen LogP contribution in [0.15, 0.2) is 30.3 Å². The molecule has 0 aromatic heterocycles. The highest BCUT2D eigenvalue weighted by atomic mass is 16.5. The molecule has 0 spiro atoms. The van der Waals surface area contributed by atoms with Crippen molar-refractivity contribution in [3.8, 4) is 0 Å². The van der Waals surface area contributed by atoms with E-state index in [2.05, 4.69) is 5.32 Å². The first-order chi connectivity index (χ1) is 10.7. The molecule has 2 saturated carbocycles. The number of fused-ring (bicyclic) bond motifs is 2. The first-order valence-corrected chi connectivity index (χ1v) is 8.17. The van der Waals surface area contributed by atoms with Crippen LogP contribution >= 0.6 is 0 Å². The zero-order chi connectivity index (χ0) is 15.4. The second-order valence-corrected chi connectivity index (χ2v) is 6.56. The van der Waals surface area contributed by atoms with Gasteiger partial charge in [-0.1, -0.05) is 36.8 Å². The van der Waals surface area contributed by atoms with E-state index in [9.17, 15) is 9.59 Å². The fraction of sp³-hybridized carbons (Fsp3) is 0.556. The van der Waals surface area contributed by atoms with E-state index in [1.165, 1.54) is 25.7 Å². The third-order valence-electron chi connectivity index (χ3n) is 5.00. The van der Waals surface area contributed by atoms with Crippen molar-refractivity contribution in [1.82, 2.24) is 5.32 Å². The molecule has 4 heteroatoms. The summed E-state index contributed by atoms with van der Waals surface area (Å²) in [5.41, 5.74) is 0.948. The van der Waals surface area contributed by atoms with Crippen molar-refractivity contribution in [2.75, 3.05) is 6.54 Å². The van der Waals surface area contributed by atoms with Crippen molar-refractivity contribution in [2.24, 2.45) is 17.8 Å². The highest BCUT2D eigenvalue weighted by Crippen LogP contribution is 2.49. The molecule has 118 valence electrons. The Balaban J connectivity index is 1.33. The second kappa shape index (κ2) is 6.95. The number of ether oxygens (including phenoxy) is 1. The average Bonchev–Trinajstić information content (AvgIpc) is 3.14. The smallest absolute Gasteiger partial charge is 0.325 e. The summed E-state index contributed by atoms with van der Waals surface area (Å²) in [6, 6.07) is 9.53. The van der Waals surface area contributed by atoms with Crippen LogP contribution < -0.4 is 5.32 Å². The van der Waals surface area contributed by atoms with Gasteiger partial charge in [-0.3, -0.25) is 9.59 Å². The van der Waals surface area contributed by atoms with Crippen molar-refractivity contribution in [2.45, 2.75) is 38.7 Å². The summed E-state index contributed by atoms with van der Waals surface area (Å²) in [4.78, 5) is 23.6. The number of benzene rings is 1. The molecule has 22 heavy (non-hydrogen) atoms. The molecule has 0 heterocycles. The zero-order valence-electron chi connectivity index (χ0n) is 12.8. The number of hydrogen-bond acceptors (Lipinski definition) is 3. The fourth-order valence-electron chi connectivity index (χ4n) is 3.90. The number of amides is 1. The third kappa shape index (κ3) is 3.87. The van der Waals surface area contributed by atoms with Gasteiger partial charge >= 0.3 is 5.97 Å². The molecular weight excluding hydrogens is 278 g/mol. The van der Waals surface area contributed by atoms with Gasteiger partial charge in [-0.25, -0.2) is 0 Å². The summed E-state index contributed by atoms with van der Waals surface area (Å²) in [7, 11) is 0. The number of rotatable bonds is 6. The Morgan fingerprint density at radius 2 is 1.95 bits per heavy atom. The van der Waals surface area contributed by atoms with Gasteiger partial charge in [0.1, 0.15) is 13.2 Å². The Morgan fingerprint density at radius 1 is 1.14 bits per heavy atom. The standard InChI is InChI=1S/C18H23NO3/c20-17(10-16-9-14-6-7-15(16)8-14)19-11-18(21)22-12-13-4-2-1-3-5-13/h1-5,14-16H,6-12H2,(H,19,20)/t14-,15-,16+/m1/s1. The molecule has 4 nitrogen and oxygen atoms in total. The van der Waals surface area contributed by atoms with Gasteiger partial charge in [-0.15, -0.1) is 0 Å². The van der Waals surface area contributed by atoms with Crippen LogP contribution in [-0.4, -0.2) is 18.4 Å². The second-order valence-electron chi connectivity index (χ2n) is 6.56. The molecular formula is C18H23NO3. The summed E-state index contributed by atoms with van der Waals surface area (Å²) < 4.78 is 5.14. The highest BCUT2D eigenvalue weighted by Gasteiger charge is 2.40. The van der Waals surface area contributed by atoms with Crippen molar-refractivity contribution < 1.29 is 14.3 Å². The van der Waals surface area contributed by atoms with E-state index in [1.54, 1.807) is 0 Å². The Bertz CT molecular complexity index is 528. The van der Waals surface area contributed by atoms with Crippen molar-refractivity contribution in [1.29, 1.82) is 0 Å². The average molecular weight is 301 g/mol. The summed E-state index contributed by atoms with van der Waals surface area (Å²) >= 11 is 0. The molecule has 1 aromatic rings. The van der Waals surface area contributed by atoms with Gasteiger partial charge < -0.3 is 10.1 Å². The molecule has 1 N–H and O–H groups in total. The maximum Gasteiger partial charge on any atom is 0.325 e. The van der Waals surface area contributed by atoms with Crippen LogP contribution in [-0.2, 0) is 20.9 Å². The zero-order valence-corrected chi connectivity index (χ0v) is 12.8. The lowest BCUT2D eigenvalue weighted by Gasteiger charge is -2.20. The van der Waals surface area contributed by atoms with Crippen LogP contribution in [0.3, 0.4) is 0 Å². The Hall–Kier alpha value is -1.84. The Labute approximate surface area is 131 Å². The lowest BCUT2D eigenvalue weighted by molar-refractivity contribution is -0.145. The van der Waals surface area contributed by atoms with E-state index >= 15 is 0 Å². The minimum Gasteiger partial charge on any atom is -0.460 e. The Kier molecular flexibility index (Phi) is 4.76. The molecule has 2 aliphatic carbocycles. The molecule has 3 rings (SSSR count). The highest BCUT2D eigenvalue weighted by molar-refractivity contribution is 5.82. The van der Waals surface area contributed by atoms with Gasteiger partial charge in [0.2, 0.25) is 5.91 Å². The lowest BCUT2D eigenvalue weighted by atomic mass is 9.86. The molecule has 2 bridgehead atoms. The summed E-state index contributed by atoms with van der Waals surface area (Å²) in [6.07, 6.45) is 5.68. The van der Waals surface area contributed by atoms with Crippen molar-refractivity contribution >= 4 is 11.9 Å². The van der Waals surface area contributed by atoms with Crippen LogP contribution in [0, 0.1) is 17.8 Å². The summed E-state index contributed by atoms with van der Waals surface area (Å²) in [5, 5.41) is 2.69.